The molecule has 2 heterocycles. The standard InChI is InChI=1S/C13H22BrN3O/c1-4-10-8-15-6-5-13(10,18)7-11-12(14)9(2)16-17(11)3/h10,15,18H,4-8H2,1-3H3. The molecule has 1 aliphatic rings. The number of nitrogens with zero attached hydrogens (tertiary/aromatic N) is 2. The Morgan fingerprint density at radius 3 is 2.89 bits per heavy atom. The molecule has 0 amide bonds. The van der Waals surface area contributed by atoms with E-state index in [1.54, 1.807) is 0 Å². The summed E-state index contributed by atoms with van der Waals surface area (Å²) in [6.45, 7) is 5.92. The van der Waals surface area contributed by atoms with Gasteiger partial charge < -0.3 is 10.4 Å². The van der Waals surface area contributed by atoms with Crippen LogP contribution in [0.2, 0.25) is 0 Å². The van der Waals surface area contributed by atoms with Gasteiger partial charge in [0.25, 0.3) is 0 Å². The van der Waals surface area contributed by atoms with Crippen LogP contribution in [-0.4, -0.2) is 33.6 Å². The van der Waals surface area contributed by atoms with Gasteiger partial charge in [-0.25, -0.2) is 0 Å². The molecule has 4 nitrogen and oxygen atoms in total. The Bertz CT molecular complexity index is 432. The first-order chi connectivity index (χ1) is 8.48. The summed E-state index contributed by atoms with van der Waals surface area (Å²) >= 11 is 3.58. The molecule has 0 saturated carbocycles. The van der Waals surface area contributed by atoms with E-state index in [1.807, 2.05) is 18.7 Å². The summed E-state index contributed by atoms with van der Waals surface area (Å²) in [4.78, 5) is 0. The van der Waals surface area contributed by atoms with Crippen molar-refractivity contribution < 1.29 is 5.11 Å². The molecule has 2 atom stereocenters. The molecular weight excluding hydrogens is 294 g/mol. The van der Waals surface area contributed by atoms with Crippen LogP contribution in [0.4, 0.5) is 0 Å². The van der Waals surface area contributed by atoms with Crippen LogP contribution in [0.5, 0.6) is 0 Å². The second-order valence-corrected chi connectivity index (χ2v) is 6.10. The first-order valence-electron chi connectivity index (χ1n) is 6.59. The van der Waals surface area contributed by atoms with E-state index >= 15 is 0 Å². The summed E-state index contributed by atoms with van der Waals surface area (Å²) in [5.41, 5.74) is 1.47. The van der Waals surface area contributed by atoms with Crippen molar-refractivity contribution in [2.75, 3.05) is 13.1 Å². The molecule has 1 aromatic rings. The summed E-state index contributed by atoms with van der Waals surface area (Å²) in [6, 6.07) is 0. The normalized spacial score (nSPS) is 28.6. The van der Waals surface area contributed by atoms with Crippen molar-refractivity contribution in [2.24, 2.45) is 13.0 Å². The molecule has 2 unspecified atom stereocenters. The molecule has 0 bridgehead atoms. The Kier molecular flexibility index (Phi) is 4.14. The first kappa shape index (κ1) is 14.0. The largest absolute Gasteiger partial charge is 0.389 e. The lowest BCUT2D eigenvalue weighted by atomic mass is 9.77. The number of nitrogens with one attached hydrogen (secondary N) is 1. The third kappa shape index (κ3) is 2.49. The molecule has 18 heavy (non-hydrogen) atoms. The zero-order valence-electron chi connectivity index (χ0n) is 11.3. The summed E-state index contributed by atoms with van der Waals surface area (Å²) in [6.07, 6.45) is 2.48. The zero-order valence-corrected chi connectivity index (χ0v) is 12.9. The van der Waals surface area contributed by atoms with Crippen LogP contribution < -0.4 is 5.32 Å². The number of aryl methyl sites for hydroxylation is 2. The van der Waals surface area contributed by atoms with E-state index in [1.165, 1.54) is 0 Å². The van der Waals surface area contributed by atoms with Crippen molar-refractivity contribution in [1.29, 1.82) is 0 Å². The van der Waals surface area contributed by atoms with Crippen LogP contribution in [0, 0.1) is 12.8 Å². The maximum atomic E-state index is 10.9. The predicted octanol–water partition coefficient (Wildman–Crippen LogP) is 1.78. The Labute approximate surface area is 117 Å². The van der Waals surface area contributed by atoms with Gasteiger partial charge in [-0.3, -0.25) is 4.68 Å². The van der Waals surface area contributed by atoms with Crippen LogP contribution in [0.3, 0.4) is 0 Å². The highest BCUT2D eigenvalue weighted by Gasteiger charge is 2.39. The molecule has 1 aliphatic heterocycles. The summed E-state index contributed by atoms with van der Waals surface area (Å²) in [5, 5.41) is 18.7. The van der Waals surface area contributed by atoms with Gasteiger partial charge in [0, 0.05) is 25.9 Å². The van der Waals surface area contributed by atoms with Gasteiger partial charge in [-0.05, 0) is 42.2 Å². The quantitative estimate of drug-likeness (QED) is 0.894. The van der Waals surface area contributed by atoms with Crippen molar-refractivity contribution >= 4 is 15.9 Å². The Hall–Kier alpha value is -0.390. The second kappa shape index (κ2) is 5.31. The van der Waals surface area contributed by atoms with Gasteiger partial charge in [0.15, 0.2) is 0 Å². The van der Waals surface area contributed by atoms with Crippen molar-refractivity contribution in [3.05, 3.63) is 15.9 Å². The maximum Gasteiger partial charge on any atom is 0.0755 e. The molecule has 1 fully saturated rings. The third-order valence-electron chi connectivity index (χ3n) is 4.11. The lowest BCUT2D eigenvalue weighted by Gasteiger charge is -2.40. The molecule has 102 valence electrons. The van der Waals surface area contributed by atoms with E-state index in [-0.39, 0.29) is 0 Å². The van der Waals surface area contributed by atoms with Gasteiger partial charge in [-0.1, -0.05) is 6.92 Å². The van der Waals surface area contributed by atoms with E-state index in [2.05, 4.69) is 33.3 Å². The molecule has 2 rings (SSSR count). The Balaban J connectivity index is 2.25. The highest BCUT2D eigenvalue weighted by atomic mass is 79.9. The monoisotopic (exact) mass is 315 g/mol. The second-order valence-electron chi connectivity index (χ2n) is 5.31. The third-order valence-corrected chi connectivity index (χ3v) is 5.14. The molecule has 0 aromatic carbocycles. The van der Waals surface area contributed by atoms with Crippen molar-refractivity contribution in [2.45, 2.75) is 38.7 Å². The van der Waals surface area contributed by atoms with Gasteiger partial charge in [0.05, 0.1) is 21.5 Å². The molecule has 1 saturated heterocycles. The highest BCUT2D eigenvalue weighted by molar-refractivity contribution is 9.10. The SMILES string of the molecule is CCC1CNCCC1(O)Cc1c(Br)c(C)nn1C. The summed E-state index contributed by atoms with van der Waals surface area (Å²) < 4.78 is 2.92. The minimum atomic E-state index is -0.608. The average Bonchev–Trinajstić information content (AvgIpc) is 2.56. The van der Waals surface area contributed by atoms with Gasteiger partial charge in [-0.2, -0.15) is 5.10 Å². The number of hydrogen-bond acceptors (Lipinski definition) is 3. The number of hydrogen-bond donors (Lipinski definition) is 2. The lowest BCUT2D eigenvalue weighted by Crippen LogP contribution is -2.51. The minimum Gasteiger partial charge on any atom is -0.389 e. The molecule has 0 aliphatic carbocycles. The van der Waals surface area contributed by atoms with Crippen molar-refractivity contribution in [1.82, 2.24) is 15.1 Å². The van der Waals surface area contributed by atoms with Crippen LogP contribution >= 0.6 is 15.9 Å². The van der Waals surface area contributed by atoms with Crippen molar-refractivity contribution in [3.8, 4) is 0 Å². The van der Waals surface area contributed by atoms with E-state index in [4.69, 9.17) is 0 Å². The van der Waals surface area contributed by atoms with Gasteiger partial charge in [0.1, 0.15) is 0 Å². The molecule has 0 radical (unpaired) electrons. The lowest BCUT2D eigenvalue weighted by molar-refractivity contribution is -0.0428. The van der Waals surface area contributed by atoms with Crippen LogP contribution in [-0.2, 0) is 13.5 Å². The maximum absolute atomic E-state index is 10.9. The number of rotatable bonds is 3. The Morgan fingerprint density at radius 1 is 1.61 bits per heavy atom. The van der Waals surface area contributed by atoms with E-state index in [0.29, 0.717) is 12.3 Å². The number of aliphatic hydroxyl groups is 1. The number of piperidine rings is 1. The van der Waals surface area contributed by atoms with Crippen molar-refractivity contribution in [3.63, 3.8) is 0 Å². The minimum absolute atomic E-state index is 0.313. The van der Waals surface area contributed by atoms with Gasteiger partial charge in [-0.15, -0.1) is 0 Å². The molecule has 1 aromatic heterocycles. The van der Waals surface area contributed by atoms with Gasteiger partial charge in [0.2, 0.25) is 0 Å². The zero-order chi connectivity index (χ0) is 13.3. The summed E-state index contributed by atoms with van der Waals surface area (Å²) in [5.74, 6) is 0.313. The van der Waals surface area contributed by atoms with Crippen LogP contribution in [0.15, 0.2) is 4.47 Å². The average molecular weight is 316 g/mol. The van der Waals surface area contributed by atoms with Crippen LogP contribution in [0.25, 0.3) is 0 Å². The highest BCUT2D eigenvalue weighted by Crippen LogP contribution is 2.33. The summed E-state index contributed by atoms with van der Waals surface area (Å²) in [7, 11) is 1.94. The smallest absolute Gasteiger partial charge is 0.0755 e. The van der Waals surface area contributed by atoms with E-state index in [9.17, 15) is 5.11 Å². The first-order valence-corrected chi connectivity index (χ1v) is 7.38. The van der Waals surface area contributed by atoms with Crippen LogP contribution in [0.1, 0.15) is 31.2 Å². The van der Waals surface area contributed by atoms with Gasteiger partial charge >= 0.3 is 0 Å². The number of aromatic nitrogens is 2. The fraction of sp³-hybridized carbons (Fsp3) is 0.769. The van der Waals surface area contributed by atoms with E-state index in [0.717, 1.165) is 41.8 Å². The fourth-order valence-electron chi connectivity index (χ4n) is 2.89. The fourth-order valence-corrected chi connectivity index (χ4v) is 3.37. The number of halogens is 1. The topological polar surface area (TPSA) is 50.1 Å². The molecule has 2 N–H and O–H groups in total. The van der Waals surface area contributed by atoms with E-state index < -0.39 is 5.60 Å². The molecule has 0 spiro atoms. The Morgan fingerprint density at radius 2 is 2.33 bits per heavy atom. The molecule has 5 heteroatoms. The molecular formula is C13H22BrN3O. The predicted molar refractivity (Wildman–Crippen MR) is 75.6 cm³/mol.